The Hall–Kier alpha value is -2.18. The van der Waals surface area contributed by atoms with Gasteiger partial charge in [-0.1, -0.05) is 11.6 Å². The van der Waals surface area contributed by atoms with Crippen LogP contribution in [0.2, 0.25) is 5.02 Å². The molecule has 0 aliphatic carbocycles. The van der Waals surface area contributed by atoms with E-state index in [0.717, 1.165) is 4.88 Å². The summed E-state index contributed by atoms with van der Waals surface area (Å²) >= 11 is 7.17. The van der Waals surface area contributed by atoms with Crippen LogP contribution in [0, 0.1) is 6.92 Å². The number of Topliss-reactive ketones (excluding diaryl/α,β-unsaturated/α-hetero) is 1. The lowest BCUT2D eigenvalue weighted by molar-refractivity contribution is -0.153. The number of thiophene rings is 1. The van der Waals surface area contributed by atoms with Crippen molar-refractivity contribution in [3.63, 3.8) is 0 Å². The lowest BCUT2D eigenvalue weighted by Crippen LogP contribution is -2.30. The van der Waals surface area contributed by atoms with Crippen molar-refractivity contribution in [1.82, 2.24) is 0 Å². The molecule has 132 valence electrons. The summed E-state index contributed by atoms with van der Waals surface area (Å²) in [5, 5.41) is 3.19. The lowest BCUT2D eigenvalue weighted by atomic mass is 10.2. The van der Waals surface area contributed by atoms with Gasteiger partial charge in [-0.15, -0.1) is 11.3 Å². The van der Waals surface area contributed by atoms with Gasteiger partial charge < -0.3 is 10.1 Å². The van der Waals surface area contributed by atoms with E-state index in [-0.39, 0.29) is 18.6 Å². The summed E-state index contributed by atoms with van der Waals surface area (Å²) in [6.07, 6.45) is -0.958. The minimum Gasteiger partial charge on any atom is -0.453 e. The van der Waals surface area contributed by atoms with Gasteiger partial charge in [-0.25, -0.2) is 0 Å². The summed E-state index contributed by atoms with van der Waals surface area (Å²) in [7, 11) is 0. The van der Waals surface area contributed by atoms with Gasteiger partial charge in [-0.3, -0.25) is 14.4 Å². The zero-order chi connectivity index (χ0) is 18.4. The van der Waals surface area contributed by atoms with Gasteiger partial charge in [0.15, 0.2) is 11.9 Å². The molecule has 2 aromatic rings. The van der Waals surface area contributed by atoms with Crippen LogP contribution >= 0.6 is 22.9 Å². The van der Waals surface area contributed by atoms with Gasteiger partial charge in [0.2, 0.25) is 0 Å². The van der Waals surface area contributed by atoms with Crippen molar-refractivity contribution in [2.75, 3.05) is 5.32 Å². The summed E-state index contributed by atoms with van der Waals surface area (Å²) in [5.41, 5.74) is 0.556. The Morgan fingerprint density at radius 3 is 2.40 bits per heavy atom. The number of ketones is 1. The van der Waals surface area contributed by atoms with Crippen LogP contribution in [0.4, 0.5) is 5.69 Å². The molecule has 2 rings (SSSR count). The van der Waals surface area contributed by atoms with Crippen molar-refractivity contribution < 1.29 is 19.1 Å². The summed E-state index contributed by atoms with van der Waals surface area (Å²) in [5.74, 6) is -1.13. The van der Waals surface area contributed by atoms with E-state index in [1.54, 1.807) is 30.3 Å². The van der Waals surface area contributed by atoms with Crippen LogP contribution in [-0.2, 0) is 14.3 Å². The topological polar surface area (TPSA) is 72.5 Å². The van der Waals surface area contributed by atoms with Crippen molar-refractivity contribution in [3.8, 4) is 0 Å². The fraction of sp³-hybridized carbons (Fsp3) is 0.278. The molecule has 0 aliphatic heterocycles. The third-order valence-corrected chi connectivity index (χ3v) is 4.65. The first-order valence-corrected chi connectivity index (χ1v) is 8.90. The fourth-order valence-corrected chi connectivity index (χ4v) is 2.97. The molecule has 0 aliphatic rings. The highest BCUT2D eigenvalue weighted by Crippen LogP contribution is 2.18. The van der Waals surface area contributed by atoms with Gasteiger partial charge in [0, 0.05) is 22.0 Å². The minimum atomic E-state index is -0.956. The first-order chi connectivity index (χ1) is 11.8. The Bertz CT molecular complexity index is 770. The Morgan fingerprint density at radius 2 is 1.80 bits per heavy atom. The Labute approximate surface area is 154 Å². The van der Waals surface area contributed by atoms with Crippen molar-refractivity contribution in [1.29, 1.82) is 0 Å². The molecule has 0 spiro atoms. The standard InChI is InChI=1S/C18H18ClNO4S/c1-11-3-9-16(25-11)15(21)8-10-17(22)24-12(2)18(23)20-14-6-4-13(19)5-7-14/h3-7,9,12H,8,10H2,1-2H3,(H,20,23). The van der Waals surface area contributed by atoms with Gasteiger partial charge >= 0.3 is 5.97 Å². The van der Waals surface area contributed by atoms with Gasteiger partial charge in [0.05, 0.1) is 11.3 Å². The number of ether oxygens (including phenoxy) is 1. The zero-order valence-electron chi connectivity index (χ0n) is 13.9. The number of esters is 1. The van der Waals surface area contributed by atoms with E-state index >= 15 is 0 Å². The van der Waals surface area contributed by atoms with Gasteiger partial charge in [0.1, 0.15) is 0 Å². The van der Waals surface area contributed by atoms with Crippen molar-refractivity contribution in [3.05, 3.63) is 51.2 Å². The van der Waals surface area contributed by atoms with Gasteiger partial charge in [-0.2, -0.15) is 0 Å². The largest absolute Gasteiger partial charge is 0.453 e. The predicted molar refractivity (Wildman–Crippen MR) is 98.3 cm³/mol. The molecule has 5 nitrogen and oxygen atoms in total. The van der Waals surface area contributed by atoms with E-state index in [2.05, 4.69) is 5.32 Å². The average molecular weight is 380 g/mol. The van der Waals surface area contributed by atoms with E-state index in [1.165, 1.54) is 18.3 Å². The van der Waals surface area contributed by atoms with Crippen LogP contribution in [0.15, 0.2) is 36.4 Å². The number of carbonyl (C=O) groups excluding carboxylic acids is 3. The number of halogens is 1. The lowest BCUT2D eigenvalue weighted by Gasteiger charge is -2.13. The first-order valence-electron chi connectivity index (χ1n) is 7.70. The SMILES string of the molecule is Cc1ccc(C(=O)CCC(=O)OC(C)C(=O)Nc2ccc(Cl)cc2)s1. The number of aryl methyl sites for hydroxylation is 1. The quantitative estimate of drug-likeness (QED) is 0.576. The highest BCUT2D eigenvalue weighted by molar-refractivity contribution is 7.14. The van der Waals surface area contributed by atoms with Crippen molar-refractivity contribution in [2.45, 2.75) is 32.8 Å². The number of carbonyl (C=O) groups is 3. The summed E-state index contributed by atoms with van der Waals surface area (Å²) in [6, 6.07) is 10.2. The Kier molecular flexibility index (Phi) is 6.73. The van der Waals surface area contributed by atoms with Gasteiger partial charge in [0.25, 0.3) is 5.91 Å². The molecule has 0 fully saturated rings. The number of nitrogens with one attached hydrogen (secondary N) is 1. The van der Waals surface area contributed by atoms with E-state index in [1.807, 2.05) is 13.0 Å². The molecule has 1 amide bonds. The molecule has 0 radical (unpaired) electrons. The van der Waals surface area contributed by atoms with Crippen LogP contribution in [0.25, 0.3) is 0 Å². The maximum atomic E-state index is 12.0. The highest BCUT2D eigenvalue weighted by atomic mass is 35.5. The molecule has 1 heterocycles. The molecule has 1 N–H and O–H groups in total. The number of amides is 1. The van der Waals surface area contributed by atoms with E-state index < -0.39 is 18.0 Å². The maximum absolute atomic E-state index is 12.0. The van der Waals surface area contributed by atoms with Crippen molar-refractivity contribution in [2.24, 2.45) is 0 Å². The second-order valence-electron chi connectivity index (χ2n) is 5.46. The Balaban J connectivity index is 1.78. The molecule has 1 aromatic carbocycles. The molecular formula is C18H18ClNO4S. The summed E-state index contributed by atoms with van der Waals surface area (Å²) in [4.78, 5) is 37.5. The average Bonchev–Trinajstić information content (AvgIpc) is 3.01. The normalized spacial score (nSPS) is 11.6. The van der Waals surface area contributed by atoms with Crippen LogP contribution in [0.1, 0.15) is 34.3 Å². The number of hydrogen-bond donors (Lipinski definition) is 1. The number of rotatable bonds is 7. The fourth-order valence-electron chi connectivity index (χ4n) is 2.01. The van der Waals surface area contributed by atoms with E-state index in [9.17, 15) is 14.4 Å². The van der Waals surface area contributed by atoms with Crippen LogP contribution in [-0.4, -0.2) is 23.8 Å². The molecule has 7 heteroatoms. The first kappa shape index (κ1) is 19.1. The molecule has 1 aromatic heterocycles. The van der Waals surface area contributed by atoms with E-state index in [0.29, 0.717) is 15.6 Å². The molecule has 0 bridgehead atoms. The van der Waals surface area contributed by atoms with Crippen molar-refractivity contribution >= 4 is 46.3 Å². The van der Waals surface area contributed by atoms with Crippen LogP contribution in [0.3, 0.4) is 0 Å². The predicted octanol–water partition coefficient (Wildman–Crippen LogP) is 4.24. The zero-order valence-corrected chi connectivity index (χ0v) is 15.4. The number of anilines is 1. The number of benzene rings is 1. The minimum absolute atomic E-state index is 0.0598. The second-order valence-corrected chi connectivity index (χ2v) is 7.19. The maximum Gasteiger partial charge on any atom is 0.307 e. The van der Waals surface area contributed by atoms with Crippen LogP contribution in [0.5, 0.6) is 0 Å². The molecule has 0 saturated carbocycles. The molecule has 1 atom stereocenters. The van der Waals surface area contributed by atoms with E-state index in [4.69, 9.17) is 16.3 Å². The third-order valence-electron chi connectivity index (χ3n) is 3.36. The summed E-state index contributed by atoms with van der Waals surface area (Å²) in [6.45, 7) is 3.39. The molecule has 1 unspecified atom stereocenters. The monoisotopic (exact) mass is 379 g/mol. The van der Waals surface area contributed by atoms with Crippen LogP contribution < -0.4 is 5.32 Å². The second kappa shape index (κ2) is 8.78. The number of hydrogen-bond acceptors (Lipinski definition) is 5. The Morgan fingerprint density at radius 1 is 1.12 bits per heavy atom. The molecule has 25 heavy (non-hydrogen) atoms. The smallest absolute Gasteiger partial charge is 0.307 e. The molecule has 0 saturated heterocycles. The summed E-state index contributed by atoms with van der Waals surface area (Å²) < 4.78 is 5.07. The molecular weight excluding hydrogens is 362 g/mol. The van der Waals surface area contributed by atoms with Gasteiger partial charge in [-0.05, 0) is 50.2 Å². The third kappa shape index (κ3) is 5.99. The highest BCUT2D eigenvalue weighted by Gasteiger charge is 2.19.